The predicted octanol–water partition coefficient (Wildman–Crippen LogP) is -0.502. The van der Waals surface area contributed by atoms with Gasteiger partial charge in [0, 0.05) is 39.1 Å². The molecule has 1 rings (SSSR count). The molecule has 0 radical (unpaired) electrons. The molecule has 1 heterocycles. The van der Waals surface area contributed by atoms with Gasteiger partial charge in [-0.1, -0.05) is 0 Å². The summed E-state index contributed by atoms with van der Waals surface area (Å²) in [6.07, 6.45) is 1.13. The van der Waals surface area contributed by atoms with Crippen LogP contribution in [0.1, 0.15) is 13.3 Å². The van der Waals surface area contributed by atoms with Crippen molar-refractivity contribution in [1.82, 2.24) is 9.80 Å². The lowest BCUT2D eigenvalue weighted by Gasteiger charge is -2.42. The Balaban J connectivity index is 2.25. The molecule has 0 aromatic rings. The quantitative estimate of drug-likeness (QED) is 0.642. The summed E-state index contributed by atoms with van der Waals surface area (Å²) in [7, 11) is 2.05. The molecule has 1 unspecified atom stereocenters. The fourth-order valence-corrected chi connectivity index (χ4v) is 1.72. The highest BCUT2D eigenvalue weighted by atomic mass is 16.2. The molecular weight excluding hydrogens is 166 g/mol. The lowest BCUT2D eigenvalue weighted by Crippen LogP contribution is -2.55. The fraction of sp³-hybridized carbons (Fsp3) is 0.889. The lowest BCUT2D eigenvalue weighted by atomic mass is 10.0. The molecule has 1 aliphatic heterocycles. The number of carbonyl (C=O) groups excluding carboxylic acids is 1. The van der Waals surface area contributed by atoms with Crippen LogP contribution in [-0.4, -0.2) is 55.0 Å². The summed E-state index contributed by atoms with van der Waals surface area (Å²) in [5.41, 5.74) is 5.44. The van der Waals surface area contributed by atoms with Crippen molar-refractivity contribution >= 4 is 5.91 Å². The van der Waals surface area contributed by atoms with E-state index in [2.05, 4.69) is 4.90 Å². The molecule has 1 atom stereocenters. The first kappa shape index (κ1) is 10.5. The zero-order valence-corrected chi connectivity index (χ0v) is 8.49. The van der Waals surface area contributed by atoms with E-state index in [-0.39, 0.29) is 5.91 Å². The van der Waals surface area contributed by atoms with Gasteiger partial charge in [-0.05, 0) is 13.5 Å². The lowest BCUT2D eigenvalue weighted by molar-refractivity contribution is -0.136. The van der Waals surface area contributed by atoms with Crippen molar-refractivity contribution in [3.8, 4) is 0 Å². The minimum atomic E-state index is 0.192. The van der Waals surface area contributed by atoms with E-state index in [4.69, 9.17) is 5.73 Å². The predicted molar refractivity (Wildman–Crippen MR) is 52.3 cm³/mol. The van der Waals surface area contributed by atoms with Gasteiger partial charge in [0.15, 0.2) is 0 Å². The number of hydrogen-bond acceptors (Lipinski definition) is 3. The average Bonchev–Trinajstić information content (AvgIpc) is 1.97. The highest BCUT2D eigenvalue weighted by Gasteiger charge is 2.30. The minimum absolute atomic E-state index is 0.192. The van der Waals surface area contributed by atoms with Gasteiger partial charge in [-0.15, -0.1) is 0 Å². The maximum absolute atomic E-state index is 11.1. The Morgan fingerprint density at radius 3 is 2.77 bits per heavy atom. The normalized spacial score (nSPS) is 21.8. The second-order valence-electron chi connectivity index (χ2n) is 3.71. The molecule has 4 nitrogen and oxygen atoms in total. The molecule has 0 aromatic heterocycles. The molecule has 0 saturated carbocycles. The van der Waals surface area contributed by atoms with Gasteiger partial charge in [-0.3, -0.25) is 4.79 Å². The van der Waals surface area contributed by atoms with E-state index in [1.165, 1.54) is 0 Å². The molecular formula is C9H19N3O. The largest absolute Gasteiger partial charge is 0.339 e. The van der Waals surface area contributed by atoms with E-state index in [9.17, 15) is 4.79 Å². The number of carbonyl (C=O) groups is 1. The van der Waals surface area contributed by atoms with Crippen molar-refractivity contribution in [3.05, 3.63) is 0 Å². The van der Waals surface area contributed by atoms with E-state index in [0.29, 0.717) is 12.6 Å². The summed E-state index contributed by atoms with van der Waals surface area (Å²) >= 11 is 0. The van der Waals surface area contributed by atoms with Gasteiger partial charge >= 0.3 is 0 Å². The summed E-state index contributed by atoms with van der Waals surface area (Å²) in [5, 5.41) is 0. The van der Waals surface area contributed by atoms with Gasteiger partial charge in [-0.25, -0.2) is 0 Å². The van der Waals surface area contributed by atoms with E-state index in [0.717, 1.165) is 26.1 Å². The van der Waals surface area contributed by atoms with Crippen molar-refractivity contribution in [2.75, 3.05) is 33.2 Å². The zero-order valence-electron chi connectivity index (χ0n) is 8.49. The first-order chi connectivity index (χ1) is 6.15. The smallest absolute Gasteiger partial charge is 0.219 e. The molecule has 1 amide bonds. The van der Waals surface area contributed by atoms with Crippen molar-refractivity contribution in [1.29, 1.82) is 0 Å². The summed E-state index contributed by atoms with van der Waals surface area (Å²) in [6.45, 7) is 5.11. The Morgan fingerprint density at radius 2 is 2.38 bits per heavy atom. The van der Waals surface area contributed by atoms with Crippen LogP contribution >= 0.6 is 0 Å². The Labute approximate surface area is 79.7 Å². The number of likely N-dealkylation sites (tertiary alicyclic amines) is 1. The Hall–Kier alpha value is -0.610. The first-order valence-electron chi connectivity index (χ1n) is 4.81. The van der Waals surface area contributed by atoms with Crippen LogP contribution in [0.25, 0.3) is 0 Å². The third-order valence-corrected chi connectivity index (χ3v) is 2.58. The van der Waals surface area contributed by atoms with Crippen LogP contribution in [0.2, 0.25) is 0 Å². The highest BCUT2D eigenvalue weighted by Crippen LogP contribution is 2.17. The van der Waals surface area contributed by atoms with Crippen molar-refractivity contribution in [3.63, 3.8) is 0 Å². The number of rotatable bonds is 4. The van der Waals surface area contributed by atoms with Gasteiger partial charge < -0.3 is 15.5 Å². The van der Waals surface area contributed by atoms with Crippen molar-refractivity contribution < 1.29 is 4.79 Å². The summed E-state index contributed by atoms with van der Waals surface area (Å²) < 4.78 is 0. The van der Waals surface area contributed by atoms with Crippen LogP contribution in [-0.2, 0) is 4.79 Å². The Morgan fingerprint density at radius 1 is 1.69 bits per heavy atom. The van der Waals surface area contributed by atoms with Crippen LogP contribution in [0, 0.1) is 0 Å². The zero-order chi connectivity index (χ0) is 9.84. The van der Waals surface area contributed by atoms with Gasteiger partial charge in [0.2, 0.25) is 5.91 Å². The van der Waals surface area contributed by atoms with Crippen LogP contribution in [0.5, 0.6) is 0 Å². The van der Waals surface area contributed by atoms with E-state index >= 15 is 0 Å². The molecule has 13 heavy (non-hydrogen) atoms. The number of amides is 1. The van der Waals surface area contributed by atoms with Crippen LogP contribution in [0.4, 0.5) is 0 Å². The van der Waals surface area contributed by atoms with Crippen molar-refractivity contribution in [2.45, 2.75) is 19.4 Å². The van der Waals surface area contributed by atoms with Crippen LogP contribution < -0.4 is 5.73 Å². The molecule has 0 aromatic carbocycles. The summed E-state index contributed by atoms with van der Waals surface area (Å²) in [5.74, 6) is 0.192. The van der Waals surface area contributed by atoms with Crippen LogP contribution in [0.3, 0.4) is 0 Å². The second-order valence-corrected chi connectivity index (χ2v) is 3.71. The molecule has 76 valence electrons. The third-order valence-electron chi connectivity index (χ3n) is 2.58. The molecule has 2 N–H and O–H groups in total. The number of nitrogens with two attached hydrogens (primary N) is 1. The average molecular weight is 185 g/mol. The molecule has 1 fully saturated rings. The molecule has 0 spiro atoms. The van der Waals surface area contributed by atoms with Gasteiger partial charge in [0.05, 0.1) is 0 Å². The molecule has 1 saturated heterocycles. The number of hydrogen-bond donors (Lipinski definition) is 1. The topological polar surface area (TPSA) is 49.6 Å². The number of nitrogens with zero attached hydrogens (tertiary/aromatic N) is 2. The first-order valence-corrected chi connectivity index (χ1v) is 4.81. The molecule has 4 heteroatoms. The molecule has 1 aliphatic rings. The standard InChI is InChI=1S/C9H19N3O/c1-8(13)12-5-3-9(12)7-11(2)6-4-10/h9H,3-7,10H2,1-2H3. The second kappa shape index (κ2) is 4.58. The Bertz CT molecular complexity index is 184. The fourth-order valence-electron chi connectivity index (χ4n) is 1.72. The summed E-state index contributed by atoms with van der Waals surface area (Å²) in [4.78, 5) is 15.2. The SMILES string of the molecule is CC(=O)N1CCC1CN(C)CCN. The van der Waals surface area contributed by atoms with E-state index in [1.807, 2.05) is 11.9 Å². The van der Waals surface area contributed by atoms with Gasteiger partial charge in [0.1, 0.15) is 0 Å². The van der Waals surface area contributed by atoms with Crippen molar-refractivity contribution in [2.24, 2.45) is 5.73 Å². The van der Waals surface area contributed by atoms with Gasteiger partial charge in [-0.2, -0.15) is 0 Å². The van der Waals surface area contributed by atoms with Gasteiger partial charge in [0.25, 0.3) is 0 Å². The van der Waals surface area contributed by atoms with E-state index < -0.39 is 0 Å². The maximum atomic E-state index is 11.1. The Kier molecular flexibility index (Phi) is 3.69. The number of likely N-dealkylation sites (N-methyl/N-ethyl adjacent to an activating group) is 1. The minimum Gasteiger partial charge on any atom is -0.339 e. The molecule has 0 aliphatic carbocycles. The molecule has 0 bridgehead atoms. The third kappa shape index (κ3) is 2.67. The summed E-state index contributed by atoms with van der Waals surface area (Å²) in [6, 6.07) is 0.425. The highest BCUT2D eigenvalue weighted by molar-refractivity contribution is 5.74. The maximum Gasteiger partial charge on any atom is 0.219 e. The van der Waals surface area contributed by atoms with E-state index in [1.54, 1.807) is 6.92 Å². The monoisotopic (exact) mass is 185 g/mol. The van der Waals surface area contributed by atoms with Crippen LogP contribution in [0.15, 0.2) is 0 Å².